The number of hydrogen-bond donors (Lipinski definition) is 2. The molecule has 6 heteroatoms. The molecular formula is C19H27NO5. The van der Waals surface area contributed by atoms with Gasteiger partial charge >= 0.3 is 5.97 Å². The Hall–Kier alpha value is -2.08. The lowest BCUT2D eigenvalue weighted by molar-refractivity contribution is -0.148. The van der Waals surface area contributed by atoms with E-state index in [1.165, 1.54) is 13.8 Å². The summed E-state index contributed by atoms with van der Waals surface area (Å²) in [5.41, 5.74) is 0.506. The van der Waals surface area contributed by atoms with Crippen LogP contribution in [0.2, 0.25) is 0 Å². The van der Waals surface area contributed by atoms with Crippen LogP contribution in [0, 0.1) is 18.3 Å². The topological polar surface area (TPSA) is 84.9 Å². The molecule has 2 rings (SSSR count). The Kier molecular flexibility index (Phi) is 6.42. The zero-order valence-electron chi connectivity index (χ0n) is 15.1. The van der Waals surface area contributed by atoms with Crippen molar-refractivity contribution in [3.05, 3.63) is 23.8 Å². The number of ether oxygens (including phenoxy) is 2. The minimum atomic E-state index is -1.10. The number of amides is 1. The van der Waals surface area contributed by atoms with Crippen LogP contribution in [0.15, 0.2) is 18.2 Å². The Morgan fingerprint density at radius 3 is 2.64 bits per heavy atom. The first-order valence-electron chi connectivity index (χ1n) is 8.62. The van der Waals surface area contributed by atoms with Crippen molar-refractivity contribution in [2.24, 2.45) is 11.3 Å². The molecule has 0 saturated carbocycles. The van der Waals surface area contributed by atoms with Crippen molar-refractivity contribution in [1.82, 2.24) is 0 Å². The van der Waals surface area contributed by atoms with Gasteiger partial charge < -0.3 is 19.9 Å². The van der Waals surface area contributed by atoms with Gasteiger partial charge in [0.05, 0.1) is 12.0 Å². The zero-order chi connectivity index (χ0) is 18.4. The summed E-state index contributed by atoms with van der Waals surface area (Å²) < 4.78 is 11.3. The Morgan fingerprint density at radius 2 is 2.00 bits per heavy atom. The highest BCUT2D eigenvalue weighted by atomic mass is 16.5. The van der Waals surface area contributed by atoms with Gasteiger partial charge in [0, 0.05) is 31.4 Å². The van der Waals surface area contributed by atoms with Gasteiger partial charge in [-0.15, -0.1) is 0 Å². The van der Waals surface area contributed by atoms with Crippen LogP contribution < -0.4 is 10.1 Å². The number of benzene rings is 1. The molecule has 1 aliphatic heterocycles. The third-order valence-corrected chi connectivity index (χ3v) is 4.47. The number of nitrogens with one attached hydrogen (secondary N) is 1. The van der Waals surface area contributed by atoms with E-state index in [2.05, 4.69) is 5.32 Å². The highest BCUT2D eigenvalue weighted by molar-refractivity contribution is 5.94. The van der Waals surface area contributed by atoms with Crippen LogP contribution in [-0.4, -0.2) is 36.8 Å². The molecule has 1 aromatic carbocycles. The third-order valence-electron chi connectivity index (χ3n) is 4.47. The Labute approximate surface area is 148 Å². The van der Waals surface area contributed by atoms with Gasteiger partial charge in [0.25, 0.3) is 0 Å². The standard InChI is InChI=1S/C19H27NO5/c1-13-4-5-15(20-17(21)11-19(2,3)18(22)23)10-16(13)25-12-14-6-8-24-9-7-14/h4-5,10,14H,6-9,11-12H2,1-3H3,(H,20,21)(H,22,23). The average molecular weight is 349 g/mol. The molecule has 6 nitrogen and oxygen atoms in total. The van der Waals surface area contributed by atoms with E-state index in [9.17, 15) is 9.59 Å². The normalized spacial score (nSPS) is 15.6. The zero-order valence-corrected chi connectivity index (χ0v) is 15.1. The fourth-order valence-corrected chi connectivity index (χ4v) is 2.64. The van der Waals surface area contributed by atoms with Crippen LogP contribution in [0.3, 0.4) is 0 Å². The number of carbonyl (C=O) groups excluding carboxylic acids is 1. The SMILES string of the molecule is Cc1ccc(NC(=O)CC(C)(C)C(=O)O)cc1OCC1CCOCC1. The van der Waals surface area contributed by atoms with Crippen LogP contribution in [0.5, 0.6) is 5.75 Å². The van der Waals surface area contributed by atoms with Crippen LogP contribution in [0.25, 0.3) is 0 Å². The van der Waals surface area contributed by atoms with Gasteiger partial charge in [-0.3, -0.25) is 9.59 Å². The molecule has 0 spiro atoms. The lowest BCUT2D eigenvalue weighted by atomic mass is 9.89. The van der Waals surface area contributed by atoms with E-state index in [1.807, 2.05) is 13.0 Å². The molecule has 1 aliphatic rings. The molecule has 1 saturated heterocycles. The maximum absolute atomic E-state index is 12.1. The van der Waals surface area contributed by atoms with E-state index < -0.39 is 11.4 Å². The molecule has 1 heterocycles. The van der Waals surface area contributed by atoms with E-state index in [-0.39, 0.29) is 12.3 Å². The van der Waals surface area contributed by atoms with Gasteiger partial charge in [-0.25, -0.2) is 0 Å². The lowest BCUT2D eigenvalue weighted by Crippen LogP contribution is -2.29. The fourth-order valence-electron chi connectivity index (χ4n) is 2.64. The largest absolute Gasteiger partial charge is 0.493 e. The van der Waals surface area contributed by atoms with E-state index in [0.29, 0.717) is 18.2 Å². The first-order chi connectivity index (χ1) is 11.8. The van der Waals surface area contributed by atoms with Crippen LogP contribution in [0.1, 0.15) is 38.7 Å². The van der Waals surface area contributed by atoms with Gasteiger partial charge in [-0.2, -0.15) is 0 Å². The number of hydrogen-bond acceptors (Lipinski definition) is 4. The predicted molar refractivity (Wildman–Crippen MR) is 94.9 cm³/mol. The molecule has 1 amide bonds. The van der Waals surface area contributed by atoms with Crippen molar-refractivity contribution in [3.63, 3.8) is 0 Å². The summed E-state index contributed by atoms with van der Waals surface area (Å²) in [7, 11) is 0. The number of anilines is 1. The highest BCUT2D eigenvalue weighted by Crippen LogP contribution is 2.26. The molecule has 0 bridgehead atoms. The van der Waals surface area contributed by atoms with Crippen LogP contribution in [-0.2, 0) is 14.3 Å². The summed E-state index contributed by atoms with van der Waals surface area (Å²) >= 11 is 0. The van der Waals surface area contributed by atoms with Gasteiger partial charge in [-0.05, 0) is 51.2 Å². The van der Waals surface area contributed by atoms with Crippen molar-refractivity contribution in [1.29, 1.82) is 0 Å². The molecule has 0 aliphatic carbocycles. The van der Waals surface area contributed by atoms with Crippen LogP contribution in [0.4, 0.5) is 5.69 Å². The lowest BCUT2D eigenvalue weighted by Gasteiger charge is -2.23. The number of carboxylic acids is 1. The molecule has 0 radical (unpaired) electrons. The first kappa shape index (κ1) is 19.2. The Balaban J connectivity index is 1.95. The van der Waals surface area contributed by atoms with Crippen LogP contribution >= 0.6 is 0 Å². The molecule has 0 unspecified atom stereocenters. The molecule has 0 atom stereocenters. The molecular weight excluding hydrogens is 322 g/mol. The number of carboxylic acid groups (broad SMARTS) is 1. The quantitative estimate of drug-likeness (QED) is 0.789. The van der Waals surface area contributed by atoms with Gasteiger partial charge in [-0.1, -0.05) is 6.07 Å². The summed E-state index contributed by atoms with van der Waals surface area (Å²) in [5, 5.41) is 11.9. The van der Waals surface area contributed by atoms with Gasteiger partial charge in [0.15, 0.2) is 0 Å². The highest BCUT2D eigenvalue weighted by Gasteiger charge is 2.30. The van der Waals surface area contributed by atoms with Crippen molar-refractivity contribution < 1.29 is 24.2 Å². The van der Waals surface area contributed by atoms with Crippen molar-refractivity contribution in [3.8, 4) is 5.75 Å². The summed E-state index contributed by atoms with van der Waals surface area (Å²) in [4.78, 5) is 23.2. The van der Waals surface area contributed by atoms with E-state index in [1.54, 1.807) is 12.1 Å². The number of aryl methyl sites for hydroxylation is 1. The predicted octanol–water partition coefficient (Wildman–Crippen LogP) is 3.24. The van der Waals surface area contributed by atoms with E-state index >= 15 is 0 Å². The van der Waals surface area contributed by atoms with E-state index in [4.69, 9.17) is 14.6 Å². The minimum absolute atomic E-state index is 0.0888. The number of rotatable bonds is 7. The Bertz CT molecular complexity index is 620. The molecule has 25 heavy (non-hydrogen) atoms. The number of carbonyl (C=O) groups is 2. The average Bonchev–Trinajstić information content (AvgIpc) is 2.55. The second kappa shape index (κ2) is 8.34. The summed E-state index contributed by atoms with van der Waals surface area (Å²) in [6.45, 7) is 7.22. The monoisotopic (exact) mass is 349 g/mol. The summed E-state index contributed by atoms with van der Waals surface area (Å²) in [6.07, 6.45) is 1.91. The van der Waals surface area contributed by atoms with Gasteiger partial charge in [0.1, 0.15) is 5.75 Å². The summed E-state index contributed by atoms with van der Waals surface area (Å²) in [5.74, 6) is -0.0942. The molecule has 2 N–H and O–H groups in total. The molecule has 138 valence electrons. The number of aliphatic carboxylic acids is 1. The third kappa shape index (κ3) is 5.74. The first-order valence-corrected chi connectivity index (χ1v) is 8.62. The second-order valence-corrected chi connectivity index (χ2v) is 7.26. The van der Waals surface area contributed by atoms with Crippen molar-refractivity contribution in [2.45, 2.75) is 40.0 Å². The fraction of sp³-hybridized carbons (Fsp3) is 0.579. The summed E-state index contributed by atoms with van der Waals surface area (Å²) in [6, 6.07) is 5.47. The molecule has 0 aromatic heterocycles. The van der Waals surface area contributed by atoms with Crippen molar-refractivity contribution in [2.75, 3.05) is 25.1 Å². The Morgan fingerprint density at radius 1 is 1.32 bits per heavy atom. The molecule has 1 fully saturated rings. The van der Waals surface area contributed by atoms with Gasteiger partial charge in [0.2, 0.25) is 5.91 Å². The maximum atomic E-state index is 12.1. The van der Waals surface area contributed by atoms with Crippen molar-refractivity contribution >= 4 is 17.6 Å². The second-order valence-electron chi connectivity index (χ2n) is 7.26. The maximum Gasteiger partial charge on any atom is 0.309 e. The van der Waals surface area contributed by atoms with E-state index in [0.717, 1.165) is 37.4 Å². The minimum Gasteiger partial charge on any atom is -0.493 e. The molecule has 1 aromatic rings. The smallest absolute Gasteiger partial charge is 0.309 e.